The molecule has 0 unspecified atom stereocenters. The van der Waals surface area contributed by atoms with Gasteiger partial charge >= 0.3 is 0 Å². The van der Waals surface area contributed by atoms with Crippen molar-refractivity contribution in [3.8, 4) is 0 Å². The number of furan rings is 1. The first-order valence-electron chi connectivity index (χ1n) is 8.34. The van der Waals surface area contributed by atoms with Crippen LogP contribution >= 0.6 is 11.8 Å². The Morgan fingerprint density at radius 1 is 1.30 bits per heavy atom. The van der Waals surface area contributed by atoms with Gasteiger partial charge in [-0.3, -0.25) is 9.69 Å². The van der Waals surface area contributed by atoms with Gasteiger partial charge in [0.25, 0.3) is 0 Å². The second-order valence-electron chi connectivity index (χ2n) is 6.57. The van der Waals surface area contributed by atoms with Gasteiger partial charge < -0.3 is 14.1 Å². The molecule has 2 aliphatic rings. The lowest BCUT2D eigenvalue weighted by Gasteiger charge is -2.38. The summed E-state index contributed by atoms with van der Waals surface area (Å²) in [5, 5.41) is 0. The number of morpholine rings is 1. The third-order valence-electron chi connectivity index (χ3n) is 4.44. The predicted octanol–water partition coefficient (Wildman–Crippen LogP) is 2.31. The van der Waals surface area contributed by atoms with Crippen LogP contribution in [-0.4, -0.2) is 65.6 Å². The molecule has 0 spiro atoms. The van der Waals surface area contributed by atoms with Crippen LogP contribution in [0.4, 0.5) is 0 Å². The van der Waals surface area contributed by atoms with E-state index >= 15 is 0 Å². The topological polar surface area (TPSA) is 45.9 Å². The predicted molar refractivity (Wildman–Crippen MR) is 91.7 cm³/mol. The molecular formula is C17H26N2O3S. The number of carbonyl (C=O) groups excluding carboxylic acids is 1. The molecule has 1 amide bonds. The highest BCUT2D eigenvalue weighted by Crippen LogP contribution is 2.30. The third kappa shape index (κ3) is 4.11. The van der Waals surface area contributed by atoms with Crippen molar-refractivity contribution in [2.45, 2.75) is 39.0 Å². The molecule has 1 aromatic heterocycles. The summed E-state index contributed by atoms with van der Waals surface area (Å²) in [5.74, 6) is 4.16. The van der Waals surface area contributed by atoms with Crippen LogP contribution in [0, 0.1) is 6.92 Å². The van der Waals surface area contributed by atoms with Crippen LogP contribution in [-0.2, 0) is 9.53 Å². The van der Waals surface area contributed by atoms with E-state index in [-0.39, 0.29) is 24.2 Å². The molecule has 2 fully saturated rings. The average Bonchev–Trinajstić information content (AvgIpc) is 2.93. The smallest absolute Gasteiger partial charge is 0.236 e. The molecule has 2 aliphatic heterocycles. The lowest BCUT2D eigenvalue weighted by atomic mass is 10.2. The van der Waals surface area contributed by atoms with Crippen LogP contribution in [0.1, 0.15) is 31.4 Å². The van der Waals surface area contributed by atoms with E-state index in [0.29, 0.717) is 19.6 Å². The van der Waals surface area contributed by atoms with Crippen molar-refractivity contribution >= 4 is 17.7 Å². The Labute approximate surface area is 142 Å². The van der Waals surface area contributed by atoms with Gasteiger partial charge in [0.2, 0.25) is 5.91 Å². The fourth-order valence-corrected chi connectivity index (χ4v) is 4.51. The molecule has 0 radical (unpaired) electrons. The van der Waals surface area contributed by atoms with Gasteiger partial charge in [0.05, 0.1) is 24.8 Å². The van der Waals surface area contributed by atoms with Crippen molar-refractivity contribution in [2.24, 2.45) is 0 Å². The Morgan fingerprint density at radius 3 is 2.70 bits per heavy atom. The quantitative estimate of drug-likeness (QED) is 0.846. The molecule has 23 heavy (non-hydrogen) atoms. The van der Waals surface area contributed by atoms with Crippen molar-refractivity contribution in [3.63, 3.8) is 0 Å². The maximum absolute atomic E-state index is 12.7. The van der Waals surface area contributed by atoms with E-state index in [0.717, 1.165) is 29.6 Å². The minimum atomic E-state index is 0.114. The number of hydrogen-bond acceptors (Lipinski definition) is 5. The Bertz CT molecular complexity index is 538. The number of amides is 1. The van der Waals surface area contributed by atoms with Crippen LogP contribution < -0.4 is 0 Å². The number of nitrogens with zero attached hydrogens (tertiary/aromatic N) is 2. The third-order valence-corrected chi connectivity index (χ3v) is 5.46. The molecule has 128 valence electrons. The summed E-state index contributed by atoms with van der Waals surface area (Å²) in [6, 6.07) is 4.24. The summed E-state index contributed by atoms with van der Waals surface area (Å²) in [6.45, 7) is 8.79. The first kappa shape index (κ1) is 16.9. The zero-order valence-electron chi connectivity index (χ0n) is 14.2. The van der Waals surface area contributed by atoms with E-state index in [1.807, 2.05) is 49.6 Å². The molecule has 0 N–H and O–H groups in total. The first-order valence-corrected chi connectivity index (χ1v) is 9.49. The fraction of sp³-hybridized carbons (Fsp3) is 0.706. The monoisotopic (exact) mass is 338 g/mol. The van der Waals surface area contributed by atoms with Crippen LogP contribution in [0.3, 0.4) is 0 Å². The van der Waals surface area contributed by atoms with Gasteiger partial charge in [-0.1, -0.05) is 0 Å². The summed E-state index contributed by atoms with van der Waals surface area (Å²) in [7, 11) is 0. The summed E-state index contributed by atoms with van der Waals surface area (Å²) >= 11 is 1.93. The van der Waals surface area contributed by atoms with Gasteiger partial charge in [-0.25, -0.2) is 0 Å². The van der Waals surface area contributed by atoms with E-state index in [1.54, 1.807) is 0 Å². The van der Waals surface area contributed by atoms with Crippen molar-refractivity contribution < 1.29 is 13.9 Å². The highest BCUT2D eigenvalue weighted by atomic mass is 32.2. The maximum atomic E-state index is 12.7. The summed E-state index contributed by atoms with van der Waals surface area (Å²) in [6.07, 6.45) is 0.228. The average molecular weight is 338 g/mol. The molecule has 0 bridgehead atoms. The van der Waals surface area contributed by atoms with Crippen LogP contribution in [0.5, 0.6) is 0 Å². The molecule has 3 atom stereocenters. The lowest BCUT2D eigenvalue weighted by molar-refractivity contribution is -0.144. The van der Waals surface area contributed by atoms with Gasteiger partial charge in [-0.05, 0) is 32.9 Å². The highest BCUT2D eigenvalue weighted by molar-refractivity contribution is 7.99. The molecular weight excluding hydrogens is 312 g/mol. The number of thioether (sulfide) groups is 1. The number of carbonyl (C=O) groups is 1. The molecule has 2 saturated heterocycles. The first-order chi connectivity index (χ1) is 11.0. The number of ether oxygens (including phenoxy) is 1. The molecule has 5 nitrogen and oxygen atoms in total. The van der Waals surface area contributed by atoms with Gasteiger partial charge in [0.1, 0.15) is 11.5 Å². The SMILES string of the molecule is Cc1ccc([C@@H]2CSCCN2CC(=O)N2C[C@@H](C)O[C@@H](C)C2)o1. The molecule has 1 aromatic rings. The Kier molecular flexibility index (Phi) is 5.34. The molecule has 0 saturated carbocycles. The summed E-state index contributed by atoms with van der Waals surface area (Å²) < 4.78 is 11.5. The van der Waals surface area contributed by atoms with E-state index in [1.165, 1.54) is 0 Å². The lowest BCUT2D eigenvalue weighted by Crippen LogP contribution is -2.52. The molecule has 0 aromatic carbocycles. The Balaban J connectivity index is 1.65. The summed E-state index contributed by atoms with van der Waals surface area (Å²) in [4.78, 5) is 16.9. The minimum absolute atomic E-state index is 0.114. The van der Waals surface area contributed by atoms with Crippen molar-refractivity contribution in [1.29, 1.82) is 0 Å². The largest absolute Gasteiger partial charge is 0.465 e. The fourth-order valence-electron chi connectivity index (χ4n) is 3.38. The number of hydrogen-bond donors (Lipinski definition) is 0. The van der Waals surface area contributed by atoms with Gasteiger partial charge in [-0.2, -0.15) is 11.8 Å². The Hall–Kier alpha value is -0.980. The van der Waals surface area contributed by atoms with E-state index in [2.05, 4.69) is 4.90 Å². The second kappa shape index (κ2) is 7.28. The van der Waals surface area contributed by atoms with Crippen LogP contribution in [0.2, 0.25) is 0 Å². The van der Waals surface area contributed by atoms with Crippen molar-refractivity contribution in [2.75, 3.05) is 37.7 Å². The zero-order chi connectivity index (χ0) is 16.4. The molecule has 3 heterocycles. The van der Waals surface area contributed by atoms with E-state index < -0.39 is 0 Å². The van der Waals surface area contributed by atoms with Crippen LogP contribution in [0.25, 0.3) is 0 Å². The standard InChI is InChI=1S/C17H26N2O3S/c1-12-4-5-16(22-12)15-11-23-7-6-18(15)10-17(20)19-8-13(2)21-14(3)9-19/h4-5,13-15H,6-11H2,1-3H3/t13-,14+,15-/m0/s1. The molecule has 6 heteroatoms. The van der Waals surface area contributed by atoms with E-state index in [9.17, 15) is 4.79 Å². The molecule has 3 rings (SSSR count). The normalized spacial score (nSPS) is 29.7. The number of aryl methyl sites for hydroxylation is 1. The number of rotatable bonds is 3. The highest BCUT2D eigenvalue weighted by Gasteiger charge is 2.31. The van der Waals surface area contributed by atoms with Crippen molar-refractivity contribution in [3.05, 3.63) is 23.7 Å². The minimum Gasteiger partial charge on any atom is -0.465 e. The van der Waals surface area contributed by atoms with Gasteiger partial charge in [0.15, 0.2) is 0 Å². The van der Waals surface area contributed by atoms with Gasteiger partial charge in [0, 0.05) is 31.1 Å². The summed E-state index contributed by atoms with van der Waals surface area (Å²) in [5.41, 5.74) is 0. The maximum Gasteiger partial charge on any atom is 0.236 e. The zero-order valence-corrected chi connectivity index (χ0v) is 15.0. The van der Waals surface area contributed by atoms with Crippen LogP contribution in [0.15, 0.2) is 16.5 Å². The Morgan fingerprint density at radius 2 is 2.04 bits per heavy atom. The second-order valence-corrected chi connectivity index (χ2v) is 7.72. The van der Waals surface area contributed by atoms with Gasteiger partial charge in [-0.15, -0.1) is 0 Å². The van der Waals surface area contributed by atoms with E-state index in [4.69, 9.17) is 9.15 Å². The molecule has 0 aliphatic carbocycles. The van der Waals surface area contributed by atoms with Crippen molar-refractivity contribution in [1.82, 2.24) is 9.80 Å².